The van der Waals surface area contributed by atoms with Crippen molar-refractivity contribution in [1.82, 2.24) is 10.2 Å². The van der Waals surface area contributed by atoms with Gasteiger partial charge in [-0.2, -0.15) is 0 Å². The van der Waals surface area contributed by atoms with Crippen LogP contribution < -0.4 is 5.32 Å². The molecule has 1 heterocycles. The number of likely N-dealkylation sites (tertiary alicyclic amines) is 1. The molecule has 1 aliphatic heterocycles. The van der Waals surface area contributed by atoms with Crippen molar-refractivity contribution < 1.29 is 0 Å². The fourth-order valence-corrected chi connectivity index (χ4v) is 3.71. The van der Waals surface area contributed by atoms with Gasteiger partial charge in [-0.1, -0.05) is 27.7 Å². The number of piperidine rings is 1. The lowest BCUT2D eigenvalue weighted by molar-refractivity contribution is 0.117. The summed E-state index contributed by atoms with van der Waals surface area (Å²) in [7, 11) is 0. The van der Waals surface area contributed by atoms with E-state index in [0.29, 0.717) is 11.5 Å². The Morgan fingerprint density at radius 3 is 2.67 bits per heavy atom. The Morgan fingerprint density at radius 2 is 2.06 bits per heavy atom. The Balaban J connectivity index is 1.80. The molecule has 2 unspecified atom stereocenters. The Bertz CT molecular complexity index is 260. The third kappa shape index (κ3) is 3.96. The quantitative estimate of drug-likeness (QED) is 0.826. The van der Waals surface area contributed by atoms with Crippen LogP contribution in [0.5, 0.6) is 0 Å². The molecular weight excluding hydrogens is 220 g/mol. The van der Waals surface area contributed by atoms with Gasteiger partial charge in [0.05, 0.1) is 0 Å². The fraction of sp³-hybridized carbons (Fsp3) is 1.00. The molecule has 1 N–H and O–H groups in total. The van der Waals surface area contributed by atoms with E-state index in [1.807, 2.05) is 0 Å². The van der Waals surface area contributed by atoms with Crippen molar-refractivity contribution in [3.05, 3.63) is 0 Å². The van der Waals surface area contributed by atoms with Gasteiger partial charge >= 0.3 is 0 Å². The number of nitrogens with one attached hydrogen (secondary N) is 1. The highest BCUT2D eigenvalue weighted by Gasteiger charge is 2.35. The van der Waals surface area contributed by atoms with Crippen LogP contribution in [0.15, 0.2) is 0 Å². The number of hydrogen-bond acceptors (Lipinski definition) is 2. The van der Waals surface area contributed by atoms with E-state index in [9.17, 15) is 0 Å². The molecule has 0 bridgehead atoms. The minimum Gasteiger partial charge on any atom is -0.314 e. The molecule has 0 aromatic carbocycles. The smallest absolute Gasteiger partial charge is 0.0101 e. The summed E-state index contributed by atoms with van der Waals surface area (Å²) in [6.45, 7) is 13.3. The van der Waals surface area contributed by atoms with Crippen molar-refractivity contribution >= 4 is 0 Å². The van der Waals surface area contributed by atoms with Gasteiger partial charge in [0.1, 0.15) is 0 Å². The molecular formula is C16H32N2. The topological polar surface area (TPSA) is 15.3 Å². The molecule has 1 aliphatic carbocycles. The molecule has 18 heavy (non-hydrogen) atoms. The average molecular weight is 252 g/mol. The van der Waals surface area contributed by atoms with E-state index in [4.69, 9.17) is 0 Å². The van der Waals surface area contributed by atoms with Gasteiger partial charge in [0.15, 0.2) is 0 Å². The van der Waals surface area contributed by atoms with Gasteiger partial charge in [-0.05, 0) is 56.5 Å². The van der Waals surface area contributed by atoms with Gasteiger partial charge in [0, 0.05) is 18.6 Å². The first kappa shape index (κ1) is 14.3. The molecule has 2 fully saturated rings. The van der Waals surface area contributed by atoms with Crippen molar-refractivity contribution in [3.8, 4) is 0 Å². The summed E-state index contributed by atoms with van der Waals surface area (Å²) in [5.74, 6) is 0.880. The van der Waals surface area contributed by atoms with Crippen molar-refractivity contribution in [2.45, 2.75) is 71.9 Å². The summed E-state index contributed by atoms with van der Waals surface area (Å²) in [5, 5.41) is 3.62. The fourth-order valence-electron chi connectivity index (χ4n) is 3.71. The molecule has 2 rings (SSSR count). The average Bonchev–Trinajstić information content (AvgIpc) is 2.67. The molecule has 0 aromatic heterocycles. The maximum Gasteiger partial charge on any atom is 0.0101 e. The first-order chi connectivity index (χ1) is 8.46. The second kappa shape index (κ2) is 5.92. The second-order valence-electron chi connectivity index (χ2n) is 7.63. The van der Waals surface area contributed by atoms with E-state index in [0.717, 1.165) is 12.0 Å². The van der Waals surface area contributed by atoms with Crippen LogP contribution in [0.25, 0.3) is 0 Å². The Hall–Kier alpha value is -0.0800. The maximum absolute atomic E-state index is 3.62. The van der Waals surface area contributed by atoms with Crippen LogP contribution in [-0.2, 0) is 0 Å². The van der Waals surface area contributed by atoms with Gasteiger partial charge in [0.25, 0.3) is 0 Å². The Labute approximate surface area is 114 Å². The standard InChI is InChI=1S/C16H32N2/c1-13(2)17-11-14-6-5-9-18(12-14)15-7-8-16(3,4)10-15/h13-15,17H,5-12H2,1-4H3. The molecule has 106 valence electrons. The SMILES string of the molecule is CC(C)NCC1CCCN(C2CCC(C)(C)C2)C1. The zero-order chi connectivity index (χ0) is 13.2. The van der Waals surface area contributed by atoms with Crippen LogP contribution in [0.1, 0.15) is 59.8 Å². The largest absolute Gasteiger partial charge is 0.314 e. The minimum absolute atomic E-state index is 0.591. The maximum atomic E-state index is 3.62. The number of rotatable bonds is 4. The van der Waals surface area contributed by atoms with Crippen LogP contribution in [0.3, 0.4) is 0 Å². The predicted octanol–water partition coefficient (Wildman–Crippen LogP) is 3.28. The van der Waals surface area contributed by atoms with Crippen molar-refractivity contribution in [1.29, 1.82) is 0 Å². The molecule has 0 aromatic rings. The predicted molar refractivity (Wildman–Crippen MR) is 78.9 cm³/mol. The zero-order valence-corrected chi connectivity index (χ0v) is 12.8. The monoisotopic (exact) mass is 252 g/mol. The second-order valence-corrected chi connectivity index (χ2v) is 7.63. The van der Waals surface area contributed by atoms with Crippen molar-refractivity contribution in [2.75, 3.05) is 19.6 Å². The van der Waals surface area contributed by atoms with E-state index in [1.54, 1.807) is 0 Å². The number of nitrogens with zero attached hydrogens (tertiary/aromatic N) is 1. The first-order valence-electron chi connectivity index (χ1n) is 7.94. The highest BCUT2D eigenvalue weighted by Crippen LogP contribution is 2.40. The van der Waals surface area contributed by atoms with Gasteiger partial charge in [-0.3, -0.25) is 0 Å². The molecule has 1 saturated heterocycles. The van der Waals surface area contributed by atoms with Crippen LogP contribution >= 0.6 is 0 Å². The summed E-state index contributed by atoms with van der Waals surface area (Å²) in [6.07, 6.45) is 7.09. The highest BCUT2D eigenvalue weighted by atomic mass is 15.2. The first-order valence-corrected chi connectivity index (χ1v) is 7.94. The van der Waals surface area contributed by atoms with E-state index in [-0.39, 0.29) is 0 Å². The van der Waals surface area contributed by atoms with E-state index >= 15 is 0 Å². The van der Waals surface area contributed by atoms with Gasteiger partial charge < -0.3 is 10.2 Å². The van der Waals surface area contributed by atoms with E-state index in [1.165, 1.54) is 51.7 Å². The molecule has 2 atom stereocenters. The van der Waals surface area contributed by atoms with Gasteiger partial charge in [-0.15, -0.1) is 0 Å². The molecule has 1 saturated carbocycles. The van der Waals surface area contributed by atoms with E-state index < -0.39 is 0 Å². The highest BCUT2D eigenvalue weighted by molar-refractivity contribution is 4.90. The minimum atomic E-state index is 0.591. The summed E-state index contributed by atoms with van der Waals surface area (Å²) < 4.78 is 0. The molecule has 2 heteroatoms. The summed E-state index contributed by atoms with van der Waals surface area (Å²) in [5.41, 5.74) is 0.591. The normalized spacial score (nSPS) is 33.2. The van der Waals surface area contributed by atoms with Gasteiger partial charge in [-0.25, -0.2) is 0 Å². The van der Waals surface area contributed by atoms with Crippen LogP contribution in [0.2, 0.25) is 0 Å². The zero-order valence-electron chi connectivity index (χ0n) is 12.8. The number of hydrogen-bond donors (Lipinski definition) is 1. The van der Waals surface area contributed by atoms with Crippen molar-refractivity contribution in [3.63, 3.8) is 0 Å². The van der Waals surface area contributed by atoms with Crippen LogP contribution in [0.4, 0.5) is 0 Å². The van der Waals surface area contributed by atoms with Crippen LogP contribution in [0, 0.1) is 11.3 Å². The lowest BCUT2D eigenvalue weighted by atomic mass is 9.91. The Kier molecular flexibility index (Phi) is 4.71. The van der Waals surface area contributed by atoms with Crippen molar-refractivity contribution in [2.24, 2.45) is 11.3 Å². The molecule has 0 amide bonds. The van der Waals surface area contributed by atoms with Gasteiger partial charge in [0.2, 0.25) is 0 Å². The third-order valence-corrected chi connectivity index (χ3v) is 4.82. The summed E-state index contributed by atoms with van der Waals surface area (Å²) in [4.78, 5) is 2.80. The summed E-state index contributed by atoms with van der Waals surface area (Å²) in [6, 6.07) is 1.51. The summed E-state index contributed by atoms with van der Waals surface area (Å²) >= 11 is 0. The molecule has 2 nitrogen and oxygen atoms in total. The lowest BCUT2D eigenvalue weighted by Crippen LogP contribution is -2.45. The molecule has 0 radical (unpaired) electrons. The third-order valence-electron chi connectivity index (χ3n) is 4.82. The van der Waals surface area contributed by atoms with Crippen LogP contribution in [-0.4, -0.2) is 36.6 Å². The Morgan fingerprint density at radius 1 is 1.28 bits per heavy atom. The lowest BCUT2D eigenvalue weighted by Gasteiger charge is -2.37. The van der Waals surface area contributed by atoms with E-state index in [2.05, 4.69) is 37.9 Å². The molecule has 2 aliphatic rings. The molecule has 0 spiro atoms.